The summed E-state index contributed by atoms with van der Waals surface area (Å²) in [5, 5.41) is 3.07. The van der Waals surface area contributed by atoms with E-state index in [1.54, 1.807) is 20.8 Å². The number of hydrogen-bond acceptors (Lipinski definition) is 4. The van der Waals surface area contributed by atoms with Crippen molar-refractivity contribution >= 4 is 16.1 Å². The molecule has 1 amide bonds. The number of nitrogens with two attached hydrogens (primary N) is 1. The van der Waals surface area contributed by atoms with Crippen molar-refractivity contribution in [2.75, 3.05) is 19.6 Å². The van der Waals surface area contributed by atoms with Crippen molar-refractivity contribution in [3.05, 3.63) is 0 Å². The predicted octanol–water partition coefficient (Wildman–Crippen LogP) is -1.23. The van der Waals surface area contributed by atoms with Crippen LogP contribution in [-0.4, -0.2) is 49.8 Å². The molecule has 0 aromatic rings. The van der Waals surface area contributed by atoms with Crippen molar-refractivity contribution in [1.82, 2.24) is 14.3 Å². The van der Waals surface area contributed by atoms with Crippen LogP contribution >= 0.6 is 0 Å². The fraction of sp³-hybridized carbons (Fsp3) is 0.900. The summed E-state index contributed by atoms with van der Waals surface area (Å²) < 4.78 is 28.2. The lowest BCUT2D eigenvalue weighted by atomic mass is 10.1. The Labute approximate surface area is 108 Å². The normalized spacial score (nSPS) is 21.4. The fourth-order valence-corrected chi connectivity index (χ4v) is 3.66. The summed E-state index contributed by atoms with van der Waals surface area (Å²) in [6.07, 6.45) is 0.679. The Balaban J connectivity index is 2.90. The van der Waals surface area contributed by atoms with E-state index in [0.717, 1.165) is 10.8 Å². The van der Waals surface area contributed by atoms with Crippen molar-refractivity contribution in [2.24, 2.45) is 5.73 Å². The molecule has 0 spiro atoms. The number of nitrogens with one attached hydrogen (secondary N) is 2. The van der Waals surface area contributed by atoms with Crippen LogP contribution in [0.5, 0.6) is 0 Å². The molecule has 1 aliphatic rings. The van der Waals surface area contributed by atoms with Crippen molar-refractivity contribution in [3.8, 4) is 0 Å². The molecule has 0 aromatic carbocycles. The summed E-state index contributed by atoms with van der Waals surface area (Å²) in [5.41, 5.74) is 4.53. The summed E-state index contributed by atoms with van der Waals surface area (Å²) in [4.78, 5) is 11.0. The number of rotatable bonds is 5. The second kappa shape index (κ2) is 5.52. The van der Waals surface area contributed by atoms with Crippen LogP contribution in [0.3, 0.4) is 0 Å². The number of carbonyl (C=O) groups is 1. The van der Waals surface area contributed by atoms with E-state index < -0.39 is 21.7 Å². The molecule has 106 valence electrons. The largest absolute Gasteiger partial charge is 0.369 e. The van der Waals surface area contributed by atoms with Gasteiger partial charge in [0.15, 0.2) is 0 Å². The minimum atomic E-state index is -3.72. The van der Waals surface area contributed by atoms with Gasteiger partial charge in [-0.2, -0.15) is 17.4 Å². The zero-order valence-corrected chi connectivity index (χ0v) is 11.9. The van der Waals surface area contributed by atoms with Gasteiger partial charge in [0.1, 0.15) is 0 Å². The van der Waals surface area contributed by atoms with Crippen molar-refractivity contribution < 1.29 is 13.2 Å². The first-order valence-electron chi connectivity index (χ1n) is 5.91. The quantitative estimate of drug-likeness (QED) is 0.585. The minimum absolute atomic E-state index is 0.225. The minimum Gasteiger partial charge on any atom is -0.369 e. The van der Waals surface area contributed by atoms with Gasteiger partial charge >= 0.3 is 0 Å². The molecule has 7 nitrogen and oxygen atoms in total. The molecule has 0 aromatic heterocycles. The lowest BCUT2D eigenvalue weighted by Crippen LogP contribution is -2.54. The smallest absolute Gasteiger partial charge is 0.280 e. The molecule has 1 saturated heterocycles. The van der Waals surface area contributed by atoms with Gasteiger partial charge < -0.3 is 11.1 Å². The third kappa shape index (κ3) is 4.52. The molecule has 1 unspecified atom stereocenters. The van der Waals surface area contributed by atoms with Crippen LogP contribution in [0.15, 0.2) is 0 Å². The third-order valence-corrected chi connectivity index (χ3v) is 4.41. The van der Waals surface area contributed by atoms with Gasteiger partial charge in [-0.3, -0.25) is 4.79 Å². The molecule has 0 saturated carbocycles. The van der Waals surface area contributed by atoms with E-state index in [1.807, 2.05) is 0 Å². The summed E-state index contributed by atoms with van der Waals surface area (Å²) in [7, 11) is -3.72. The SMILES string of the molecule is CC(C)(C)NS(=O)(=O)N(CC(N)=O)C1CCNC1. The molecule has 18 heavy (non-hydrogen) atoms. The van der Waals surface area contributed by atoms with E-state index in [0.29, 0.717) is 13.0 Å². The van der Waals surface area contributed by atoms with Gasteiger partial charge in [0.2, 0.25) is 5.91 Å². The number of primary amides is 1. The number of hydrogen-bond donors (Lipinski definition) is 3. The predicted molar refractivity (Wildman–Crippen MR) is 69.0 cm³/mol. The summed E-state index contributed by atoms with van der Waals surface area (Å²) in [5.74, 6) is -0.652. The van der Waals surface area contributed by atoms with Crippen LogP contribution in [0.2, 0.25) is 0 Å². The molecule has 1 heterocycles. The zero-order valence-electron chi connectivity index (χ0n) is 11.1. The average molecular weight is 278 g/mol. The Morgan fingerprint density at radius 2 is 2.11 bits per heavy atom. The number of nitrogens with zero attached hydrogens (tertiary/aromatic N) is 1. The first-order valence-corrected chi connectivity index (χ1v) is 7.35. The van der Waals surface area contributed by atoms with Gasteiger partial charge in [-0.1, -0.05) is 0 Å². The molecule has 1 atom stereocenters. The zero-order chi connectivity index (χ0) is 14.0. The molecule has 1 aliphatic heterocycles. The van der Waals surface area contributed by atoms with E-state index in [1.165, 1.54) is 0 Å². The monoisotopic (exact) mass is 278 g/mol. The van der Waals surface area contributed by atoms with Crippen molar-refractivity contribution in [1.29, 1.82) is 0 Å². The Kier molecular flexibility index (Phi) is 4.71. The van der Waals surface area contributed by atoms with Gasteiger partial charge in [0.05, 0.1) is 6.54 Å². The third-order valence-electron chi connectivity index (χ3n) is 2.50. The average Bonchev–Trinajstić information content (AvgIpc) is 2.61. The van der Waals surface area contributed by atoms with Crippen LogP contribution in [0.1, 0.15) is 27.2 Å². The van der Waals surface area contributed by atoms with Crippen LogP contribution < -0.4 is 15.8 Å². The maximum absolute atomic E-state index is 12.2. The van der Waals surface area contributed by atoms with Crippen LogP contribution in [-0.2, 0) is 15.0 Å². The highest BCUT2D eigenvalue weighted by Crippen LogP contribution is 2.14. The lowest BCUT2D eigenvalue weighted by molar-refractivity contribution is -0.118. The van der Waals surface area contributed by atoms with Gasteiger partial charge in [-0.05, 0) is 33.7 Å². The standard InChI is InChI=1S/C10H22N4O3S/c1-10(2,3)13-18(16,17)14(7-9(11)15)8-4-5-12-6-8/h8,12-13H,4-7H2,1-3H3,(H2,11,15). The molecular formula is C10H22N4O3S. The molecule has 1 fully saturated rings. The van der Waals surface area contributed by atoms with Gasteiger partial charge in [-0.15, -0.1) is 0 Å². The van der Waals surface area contributed by atoms with Gasteiger partial charge in [0, 0.05) is 18.1 Å². The molecular weight excluding hydrogens is 256 g/mol. The highest BCUT2D eigenvalue weighted by atomic mass is 32.2. The second-order valence-electron chi connectivity index (χ2n) is 5.52. The Morgan fingerprint density at radius 1 is 1.50 bits per heavy atom. The summed E-state index contributed by atoms with van der Waals surface area (Å²) in [6, 6.07) is -0.225. The van der Waals surface area contributed by atoms with E-state index in [2.05, 4.69) is 10.0 Å². The van der Waals surface area contributed by atoms with Crippen LogP contribution in [0.25, 0.3) is 0 Å². The van der Waals surface area contributed by atoms with Crippen molar-refractivity contribution in [2.45, 2.75) is 38.8 Å². The maximum Gasteiger partial charge on any atom is 0.280 e. The number of carbonyl (C=O) groups excluding carboxylic acids is 1. The topological polar surface area (TPSA) is 105 Å². The van der Waals surface area contributed by atoms with Gasteiger partial charge in [0.25, 0.3) is 10.2 Å². The second-order valence-corrected chi connectivity index (χ2v) is 7.14. The van der Waals surface area contributed by atoms with Crippen LogP contribution in [0, 0.1) is 0 Å². The summed E-state index contributed by atoms with van der Waals surface area (Å²) in [6.45, 7) is 6.24. The highest BCUT2D eigenvalue weighted by Gasteiger charge is 2.35. The van der Waals surface area contributed by atoms with E-state index in [-0.39, 0.29) is 12.6 Å². The molecule has 0 radical (unpaired) electrons. The summed E-state index contributed by atoms with van der Waals surface area (Å²) >= 11 is 0. The van der Waals surface area contributed by atoms with E-state index in [9.17, 15) is 13.2 Å². The molecule has 0 aliphatic carbocycles. The molecule has 8 heteroatoms. The van der Waals surface area contributed by atoms with E-state index in [4.69, 9.17) is 5.73 Å². The lowest BCUT2D eigenvalue weighted by Gasteiger charge is -2.30. The Bertz CT molecular complexity index is 396. The molecule has 0 bridgehead atoms. The fourth-order valence-electron chi connectivity index (χ4n) is 1.89. The Morgan fingerprint density at radius 3 is 2.50 bits per heavy atom. The first-order chi connectivity index (χ1) is 8.12. The first kappa shape index (κ1) is 15.4. The Hall–Kier alpha value is -0.700. The van der Waals surface area contributed by atoms with Crippen molar-refractivity contribution in [3.63, 3.8) is 0 Å². The maximum atomic E-state index is 12.2. The van der Waals surface area contributed by atoms with Gasteiger partial charge in [-0.25, -0.2) is 0 Å². The highest BCUT2D eigenvalue weighted by molar-refractivity contribution is 7.87. The number of amides is 1. The van der Waals surface area contributed by atoms with Crippen LogP contribution in [0.4, 0.5) is 0 Å². The molecule has 4 N–H and O–H groups in total. The van der Waals surface area contributed by atoms with E-state index >= 15 is 0 Å². The molecule has 1 rings (SSSR count).